The monoisotopic (exact) mass is 598 g/mol. The Labute approximate surface area is 234 Å². The summed E-state index contributed by atoms with van der Waals surface area (Å²) in [6.07, 6.45) is 2.72. The van der Waals surface area contributed by atoms with Gasteiger partial charge in [0.2, 0.25) is 0 Å². The molecule has 1 fully saturated rings. The van der Waals surface area contributed by atoms with Gasteiger partial charge in [0, 0.05) is 22.6 Å². The average Bonchev–Trinajstić information content (AvgIpc) is 3.42. The Balaban J connectivity index is 1.50. The minimum atomic E-state index is -1.19. The average molecular weight is 600 g/mol. The van der Waals surface area contributed by atoms with Gasteiger partial charge in [-0.15, -0.1) is 0 Å². The zero-order chi connectivity index (χ0) is 27.4. The molecular weight excluding hydrogens is 572 g/mol. The van der Waals surface area contributed by atoms with Gasteiger partial charge in [0.1, 0.15) is 11.6 Å². The van der Waals surface area contributed by atoms with E-state index in [9.17, 15) is 19.5 Å². The number of halogens is 2. The fourth-order valence-electron chi connectivity index (χ4n) is 5.28. The highest BCUT2D eigenvalue weighted by molar-refractivity contribution is 9.10. The van der Waals surface area contributed by atoms with Crippen molar-refractivity contribution in [2.75, 3.05) is 19.6 Å². The highest BCUT2D eigenvalue weighted by Crippen LogP contribution is 2.43. The van der Waals surface area contributed by atoms with E-state index in [-0.39, 0.29) is 25.5 Å². The van der Waals surface area contributed by atoms with Gasteiger partial charge in [-0.3, -0.25) is 4.79 Å². The highest BCUT2D eigenvalue weighted by atomic mass is 79.9. The smallest absolute Gasteiger partial charge is 0.410 e. The number of ether oxygens (including phenoxy) is 1. The van der Waals surface area contributed by atoms with E-state index in [1.807, 2.05) is 36.4 Å². The number of hydrogen-bond donors (Lipinski definition) is 1. The summed E-state index contributed by atoms with van der Waals surface area (Å²) in [7, 11) is 0. The quantitative estimate of drug-likeness (QED) is 0.498. The molecule has 1 N–H and O–H groups in total. The SMILES string of the molecule is CC(C)(C)OC(=O)N1CCN(C(=O)C2=C(C3=Cc4cc(Cl)ccc4C3)Cc3cc(Br)ccc32)C(C(=O)O)C1. The lowest BCUT2D eigenvalue weighted by atomic mass is 9.97. The van der Waals surface area contributed by atoms with E-state index in [0.717, 1.165) is 37.9 Å². The molecule has 1 atom stereocenters. The van der Waals surface area contributed by atoms with Gasteiger partial charge in [0.15, 0.2) is 0 Å². The molecule has 198 valence electrons. The van der Waals surface area contributed by atoms with E-state index < -0.39 is 23.7 Å². The molecule has 2 aromatic rings. The van der Waals surface area contributed by atoms with Crippen molar-refractivity contribution in [3.8, 4) is 0 Å². The molecule has 0 bridgehead atoms. The second-order valence-corrected chi connectivity index (χ2v) is 12.2. The second-order valence-electron chi connectivity index (χ2n) is 10.8. The summed E-state index contributed by atoms with van der Waals surface area (Å²) in [4.78, 5) is 41.9. The largest absolute Gasteiger partial charge is 0.480 e. The molecule has 0 saturated carbocycles. The first kappa shape index (κ1) is 26.5. The van der Waals surface area contributed by atoms with E-state index in [2.05, 4.69) is 22.0 Å². The number of carbonyl (C=O) groups excluding carboxylic acids is 2. The maximum absolute atomic E-state index is 14.2. The van der Waals surface area contributed by atoms with Crippen LogP contribution in [0.15, 0.2) is 52.0 Å². The number of carbonyl (C=O) groups is 3. The molecule has 9 heteroatoms. The number of allylic oxidation sites excluding steroid dienone is 2. The van der Waals surface area contributed by atoms with Gasteiger partial charge in [-0.05, 0) is 91.3 Å². The Morgan fingerprint density at radius 3 is 2.53 bits per heavy atom. The van der Waals surface area contributed by atoms with Crippen LogP contribution in [0.3, 0.4) is 0 Å². The summed E-state index contributed by atoms with van der Waals surface area (Å²) < 4.78 is 6.35. The van der Waals surface area contributed by atoms with Gasteiger partial charge in [-0.25, -0.2) is 9.59 Å². The molecule has 1 unspecified atom stereocenters. The van der Waals surface area contributed by atoms with Crippen LogP contribution in [0.5, 0.6) is 0 Å². The molecule has 0 spiro atoms. The summed E-state index contributed by atoms with van der Waals surface area (Å²) in [6.45, 7) is 5.41. The second kappa shape index (κ2) is 9.89. The number of carboxylic acids is 1. The standard InChI is InChI=1S/C29H28BrClN2O5/c1-29(2,3)38-28(37)32-8-9-33(24(15-32)27(35)36)26(34)25-22-7-5-20(30)12-19(22)14-23(25)18-10-16-4-6-21(31)13-17(16)11-18/h4-7,11-13,24H,8-10,14-15H2,1-3H3,(H,35,36). The van der Waals surface area contributed by atoms with Crippen LogP contribution < -0.4 is 0 Å². The third-order valence-corrected chi connectivity index (χ3v) is 7.73. The molecule has 2 aliphatic carbocycles. The van der Waals surface area contributed by atoms with Crippen LogP contribution in [-0.4, -0.2) is 64.2 Å². The van der Waals surface area contributed by atoms with E-state index in [1.54, 1.807) is 20.8 Å². The molecule has 2 amide bonds. The maximum atomic E-state index is 14.2. The van der Waals surface area contributed by atoms with Crippen molar-refractivity contribution in [3.05, 3.63) is 79.3 Å². The van der Waals surface area contributed by atoms with E-state index >= 15 is 0 Å². The molecule has 0 aromatic heterocycles. The summed E-state index contributed by atoms with van der Waals surface area (Å²) in [5.74, 6) is -1.50. The third-order valence-electron chi connectivity index (χ3n) is 7.00. The van der Waals surface area contributed by atoms with E-state index in [1.165, 1.54) is 9.80 Å². The first-order chi connectivity index (χ1) is 17.9. The summed E-state index contributed by atoms with van der Waals surface area (Å²) >= 11 is 9.75. The molecule has 38 heavy (non-hydrogen) atoms. The van der Waals surface area contributed by atoms with Gasteiger partial charge in [-0.1, -0.05) is 45.7 Å². The zero-order valence-corrected chi connectivity index (χ0v) is 23.7. The Hall–Kier alpha value is -3.10. The topological polar surface area (TPSA) is 87.2 Å². The summed E-state index contributed by atoms with van der Waals surface area (Å²) in [5, 5.41) is 10.7. The molecule has 5 rings (SSSR count). The zero-order valence-electron chi connectivity index (χ0n) is 21.4. The number of nitrogens with zero attached hydrogens (tertiary/aromatic N) is 2. The van der Waals surface area contributed by atoms with Crippen LogP contribution in [-0.2, 0) is 27.2 Å². The predicted octanol–water partition coefficient (Wildman–Crippen LogP) is 5.58. The normalized spacial score (nSPS) is 18.8. The fraction of sp³-hybridized carbons (Fsp3) is 0.345. The number of fused-ring (bicyclic) bond motifs is 2. The van der Waals surface area contributed by atoms with Crippen LogP contribution in [0, 0.1) is 0 Å². The number of hydrogen-bond acceptors (Lipinski definition) is 4. The Bertz CT molecular complexity index is 1420. The van der Waals surface area contributed by atoms with Crippen LogP contribution in [0.25, 0.3) is 11.6 Å². The number of carboxylic acid groups (broad SMARTS) is 1. The predicted molar refractivity (Wildman–Crippen MR) is 149 cm³/mol. The Kier molecular flexibility index (Phi) is 6.90. The lowest BCUT2D eigenvalue weighted by molar-refractivity contribution is -0.151. The molecule has 1 aliphatic heterocycles. The molecule has 0 radical (unpaired) electrons. The highest BCUT2D eigenvalue weighted by Gasteiger charge is 2.41. The molecular formula is C29H28BrClN2O5. The van der Waals surface area contributed by atoms with Crippen molar-refractivity contribution >= 4 is 57.1 Å². The molecule has 3 aliphatic rings. The van der Waals surface area contributed by atoms with Crippen molar-refractivity contribution in [2.45, 2.75) is 45.3 Å². The number of piperazine rings is 1. The number of rotatable bonds is 3. The van der Waals surface area contributed by atoms with Crippen molar-refractivity contribution in [3.63, 3.8) is 0 Å². The maximum Gasteiger partial charge on any atom is 0.410 e. The minimum absolute atomic E-state index is 0.0898. The van der Waals surface area contributed by atoms with Crippen molar-refractivity contribution in [1.29, 1.82) is 0 Å². The molecule has 7 nitrogen and oxygen atoms in total. The first-order valence-corrected chi connectivity index (χ1v) is 13.6. The van der Waals surface area contributed by atoms with Gasteiger partial charge >= 0.3 is 12.1 Å². The fourth-order valence-corrected chi connectivity index (χ4v) is 5.87. The lowest BCUT2D eigenvalue weighted by Gasteiger charge is -2.40. The summed E-state index contributed by atoms with van der Waals surface area (Å²) in [6, 6.07) is 10.4. The minimum Gasteiger partial charge on any atom is -0.480 e. The van der Waals surface area contributed by atoms with Crippen LogP contribution in [0.2, 0.25) is 5.02 Å². The van der Waals surface area contributed by atoms with Crippen LogP contribution in [0.1, 0.15) is 43.0 Å². The van der Waals surface area contributed by atoms with Gasteiger partial charge < -0.3 is 19.6 Å². The Morgan fingerprint density at radius 1 is 1.05 bits per heavy atom. The number of aliphatic carboxylic acids is 1. The Morgan fingerprint density at radius 2 is 1.82 bits per heavy atom. The first-order valence-electron chi connectivity index (χ1n) is 12.4. The lowest BCUT2D eigenvalue weighted by Crippen LogP contribution is -2.60. The van der Waals surface area contributed by atoms with Crippen molar-refractivity contribution in [1.82, 2.24) is 9.80 Å². The van der Waals surface area contributed by atoms with Gasteiger partial charge in [0.25, 0.3) is 5.91 Å². The number of benzene rings is 2. The molecule has 1 heterocycles. The molecule has 1 saturated heterocycles. The summed E-state index contributed by atoms with van der Waals surface area (Å²) in [5.41, 5.74) is 5.71. The van der Waals surface area contributed by atoms with Crippen LogP contribution in [0.4, 0.5) is 4.79 Å². The van der Waals surface area contributed by atoms with Crippen LogP contribution >= 0.6 is 27.5 Å². The van der Waals surface area contributed by atoms with Crippen molar-refractivity contribution < 1.29 is 24.2 Å². The van der Waals surface area contributed by atoms with Gasteiger partial charge in [0.05, 0.1) is 12.1 Å². The van der Waals surface area contributed by atoms with E-state index in [0.29, 0.717) is 23.4 Å². The third kappa shape index (κ3) is 5.12. The van der Waals surface area contributed by atoms with Gasteiger partial charge in [-0.2, -0.15) is 0 Å². The molecule has 2 aromatic carbocycles. The van der Waals surface area contributed by atoms with Crippen molar-refractivity contribution in [2.24, 2.45) is 0 Å². The van der Waals surface area contributed by atoms with E-state index in [4.69, 9.17) is 16.3 Å². The number of amides is 2.